The van der Waals surface area contributed by atoms with E-state index in [1.54, 1.807) is 0 Å². The van der Waals surface area contributed by atoms with Crippen LogP contribution in [0.4, 0.5) is 5.69 Å². The fraction of sp³-hybridized carbons (Fsp3) is 0.250. The Bertz CT molecular complexity index is 499. The van der Waals surface area contributed by atoms with Crippen molar-refractivity contribution in [1.82, 2.24) is 0 Å². The van der Waals surface area contributed by atoms with Crippen LogP contribution in [0.2, 0.25) is 0 Å². The largest absolute Gasteiger partial charge is 0.494 e. The van der Waals surface area contributed by atoms with Gasteiger partial charge >= 0.3 is 0 Å². The van der Waals surface area contributed by atoms with Gasteiger partial charge in [0.05, 0.1) is 19.3 Å². The van der Waals surface area contributed by atoms with Gasteiger partial charge in [-0.1, -0.05) is 30.3 Å². The Morgan fingerprint density at radius 1 is 1.11 bits per heavy atom. The van der Waals surface area contributed by atoms with E-state index in [1.807, 2.05) is 61.5 Å². The minimum Gasteiger partial charge on any atom is -0.494 e. The molecule has 1 atom stereocenters. The molecule has 2 aromatic carbocycles. The number of rotatable bonds is 6. The average Bonchev–Trinajstić information content (AvgIpc) is 2.46. The zero-order chi connectivity index (χ0) is 13.5. The maximum atomic E-state index is 9.56. The molecule has 0 aliphatic carbocycles. The minimum absolute atomic E-state index is 0.0322. The highest BCUT2D eigenvalue weighted by Gasteiger charge is 2.10. The van der Waals surface area contributed by atoms with Crippen LogP contribution in [0.5, 0.6) is 5.75 Å². The molecule has 0 aromatic heterocycles. The molecule has 2 N–H and O–H groups in total. The number of para-hydroxylation sites is 1. The fourth-order valence-corrected chi connectivity index (χ4v) is 1.96. The standard InChI is InChI=1S/C16H19NO2/c1-2-19-15-10-6-7-13(11-15)16(12-18)17-14-8-4-3-5-9-14/h3-11,16-18H,2,12H2,1H3. The van der Waals surface area contributed by atoms with Crippen LogP contribution in [-0.4, -0.2) is 18.3 Å². The van der Waals surface area contributed by atoms with Crippen molar-refractivity contribution >= 4 is 5.69 Å². The van der Waals surface area contributed by atoms with Crippen LogP contribution in [0.1, 0.15) is 18.5 Å². The molecule has 0 amide bonds. The summed E-state index contributed by atoms with van der Waals surface area (Å²) in [5, 5.41) is 12.9. The van der Waals surface area contributed by atoms with Gasteiger partial charge in [-0.3, -0.25) is 0 Å². The van der Waals surface area contributed by atoms with E-state index in [0.29, 0.717) is 6.61 Å². The van der Waals surface area contributed by atoms with Gasteiger partial charge in [-0.25, -0.2) is 0 Å². The number of hydrogen-bond donors (Lipinski definition) is 2. The summed E-state index contributed by atoms with van der Waals surface area (Å²) < 4.78 is 5.48. The third-order valence-corrected chi connectivity index (χ3v) is 2.87. The van der Waals surface area contributed by atoms with E-state index in [4.69, 9.17) is 4.74 Å². The van der Waals surface area contributed by atoms with E-state index in [-0.39, 0.29) is 12.6 Å². The highest BCUT2D eigenvalue weighted by molar-refractivity contribution is 5.46. The zero-order valence-electron chi connectivity index (χ0n) is 11.0. The summed E-state index contributed by atoms with van der Waals surface area (Å²) in [5.74, 6) is 0.827. The first-order valence-electron chi connectivity index (χ1n) is 6.48. The van der Waals surface area contributed by atoms with Crippen LogP contribution in [0, 0.1) is 0 Å². The Morgan fingerprint density at radius 3 is 2.58 bits per heavy atom. The van der Waals surface area contributed by atoms with E-state index in [1.165, 1.54) is 0 Å². The molecule has 0 heterocycles. The second kappa shape index (κ2) is 6.81. The number of ether oxygens (including phenoxy) is 1. The smallest absolute Gasteiger partial charge is 0.119 e. The number of benzene rings is 2. The highest BCUT2D eigenvalue weighted by atomic mass is 16.5. The van der Waals surface area contributed by atoms with Gasteiger partial charge in [0, 0.05) is 5.69 Å². The Kier molecular flexibility index (Phi) is 4.81. The lowest BCUT2D eigenvalue weighted by Gasteiger charge is -2.18. The topological polar surface area (TPSA) is 41.5 Å². The van der Waals surface area contributed by atoms with Crippen LogP contribution in [0.25, 0.3) is 0 Å². The lowest BCUT2D eigenvalue weighted by Crippen LogP contribution is -2.14. The summed E-state index contributed by atoms with van der Waals surface area (Å²) in [4.78, 5) is 0. The number of aliphatic hydroxyl groups excluding tert-OH is 1. The molecule has 0 saturated heterocycles. The molecular formula is C16H19NO2. The molecule has 0 fully saturated rings. The lowest BCUT2D eigenvalue weighted by molar-refractivity contribution is 0.275. The summed E-state index contributed by atoms with van der Waals surface area (Å²) in [7, 11) is 0. The molecule has 2 aromatic rings. The number of nitrogens with one attached hydrogen (secondary N) is 1. The minimum atomic E-state index is -0.136. The van der Waals surface area contributed by atoms with Crippen molar-refractivity contribution in [1.29, 1.82) is 0 Å². The molecule has 100 valence electrons. The maximum Gasteiger partial charge on any atom is 0.119 e. The predicted octanol–water partition coefficient (Wildman–Crippen LogP) is 3.23. The monoisotopic (exact) mass is 257 g/mol. The average molecular weight is 257 g/mol. The van der Waals surface area contributed by atoms with Gasteiger partial charge in [-0.05, 0) is 36.8 Å². The molecule has 0 aliphatic rings. The summed E-state index contributed by atoms with van der Waals surface area (Å²) in [6, 6.07) is 17.5. The fourth-order valence-electron chi connectivity index (χ4n) is 1.96. The molecular weight excluding hydrogens is 238 g/mol. The van der Waals surface area contributed by atoms with Gasteiger partial charge in [-0.2, -0.15) is 0 Å². The molecule has 1 unspecified atom stereocenters. The van der Waals surface area contributed by atoms with E-state index < -0.39 is 0 Å². The van der Waals surface area contributed by atoms with Crippen molar-refractivity contribution in [3.8, 4) is 5.75 Å². The van der Waals surface area contributed by atoms with Crippen LogP contribution in [0.15, 0.2) is 54.6 Å². The molecule has 0 radical (unpaired) electrons. The predicted molar refractivity (Wildman–Crippen MR) is 77.5 cm³/mol. The van der Waals surface area contributed by atoms with E-state index in [0.717, 1.165) is 17.0 Å². The molecule has 3 heteroatoms. The maximum absolute atomic E-state index is 9.56. The summed E-state index contributed by atoms with van der Waals surface area (Å²) in [6.45, 7) is 2.63. The van der Waals surface area contributed by atoms with Gasteiger partial charge in [0.1, 0.15) is 5.75 Å². The van der Waals surface area contributed by atoms with Gasteiger partial charge in [0.25, 0.3) is 0 Å². The zero-order valence-corrected chi connectivity index (χ0v) is 11.0. The molecule has 3 nitrogen and oxygen atoms in total. The van der Waals surface area contributed by atoms with Crippen molar-refractivity contribution in [3.05, 3.63) is 60.2 Å². The first-order valence-corrected chi connectivity index (χ1v) is 6.48. The third-order valence-electron chi connectivity index (χ3n) is 2.87. The first-order chi connectivity index (χ1) is 9.33. The number of anilines is 1. The molecule has 19 heavy (non-hydrogen) atoms. The Labute approximate surface area is 113 Å². The first kappa shape index (κ1) is 13.4. The van der Waals surface area contributed by atoms with E-state index >= 15 is 0 Å². The molecule has 0 aliphatic heterocycles. The number of aliphatic hydroxyl groups is 1. The highest BCUT2D eigenvalue weighted by Crippen LogP contribution is 2.22. The van der Waals surface area contributed by atoms with Crippen LogP contribution in [0.3, 0.4) is 0 Å². The van der Waals surface area contributed by atoms with Gasteiger partial charge in [0.15, 0.2) is 0 Å². The molecule has 2 rings (SSSR count). The second-order valence-electron chi connectivity index (χ2n) is 4.25. The third kappa shape index (κ3) is 3.73. The Hall–Kier alpha value is -2.00. The van der Waals surface area contributed by atoms with Crippen molar-refractivity contribution in [3.63, 3.8) is 0 Å². The second-order valence-corrected chi connectivity index (χ2v) is 4.25. The summed E-state index contributed by atoms with van der Waals surface area (Å²) in [5.41, 5.74) is 2.00. The Morgan fingerprint density at radius 2 is 1.89 bits per heavy atom. The lowest BCUT2D eigenvalue weighted by atomic mass is 10.1. The normalized spacial score (nSPS) is 11.9. The van der Waals surface area contributed by atoms with E-state index in [2.05, 4.69) is 5.32 Å². The van der Waals surface area contributed by atoms with Gasteiger partial charge in [-0.15, -0.1) is 0 Å². The summed E-state index contributed by atoms with van der Waals surface area (Å²) >= 11 is 0. The Balaban J connectivity index is 2.15. The quantitative estimate of drug-likeness (QED) is 0.834. The number of hydrogen-bond acceptors (Lipinski definition) is 3. The molecule has 0 saturated carbocycles. The van der Waals surface area contributed by atoms with E-state index in [9.17, 15) is 5.11 Å². The summed E-state index contributed by atoms with van der Waals surface area (Å²) in [6.07, 6.45) is 0. The molecule has 0 spiro atoms. The van der Waals surface area contributed by atoms with Gasteiger partial charge in [0.2, 0.25) is 0 Å². The van der Waals surface area contributed by atoms with Crippen molar-refractivity contribution in [2.24, 2.45) is 0 Å². The molecule has 0 bridgehead atoms. The van der Waals surface area contributed by atoms with Crippen molar-refractivity contribution in [2.75, 3.05) is 18.5 Å². The van der Waals surface area contributed by atoms with Crippen LogP contribution >= 0.6 is 0 Å². The SMILES string of the molecule is CCOc1cccc(C(CO)Nc2ccccc2)c1. The van der Waals surface area contributed by atoms with Crippen LogP contribution < -0.4 is 10.1 Å². The van der Waals surface area contributed by atoms with Crippen molar-refractivity contribution in [2.45, 2.75) is 13.0 Å². The van der Waals surface area contributed by atoms with Crippen LogP contribution in [-0.2, 0) is 0 Å². The van der Waals surface area contributed by atoms with Gasteiger partial charge < -0.3 is 15.2 Å². The van der Waals surface area contributed by atoms with Crippen molar-refractivity contribution < 1.29 is 9.84 Å².